The van der Waals surface area contributed by atoms with E-state index >= 15 is 0 Å². The molecule has 0 radical (unpaired) electrons. The van der Waals surface area contributed by atoms with Crippen LogP contribution in [-0.4, -0.2) is 21.2 Å². The highest BCUT2D eigenvalue weighted by Gasteiger charge is 2.39. The minimum absolute atomic E-state index is 0.0236. The Morgan fingerprint density at radius 2 is 1.96 bits per heavy atom. The molecule has 1 aromatic heterocycles. The summed E-state index contributed by atoms with van der Waals surface area (Å²) >= 11 is 0. The van der Waals surface area contributed by atoms with Crippen molar-refractivity contribution >= 4 is 5.91 Å². The molecule has 1 aliphatic carbocycles. The molecule has 3 rings (SSSR count). The Morgan fingerprint density at radius 1 is 1.26 bits per heavy atom. The van der Waals surface area contributed by atoms with E-state index in [1.165, 1.54) is 36.4 Å². The van der Waals surface area contributed by atoms with E-state index in [1.54, 1.807) is 0 Å². The average molecular weight is 312 g/mol. The predicted molar refractivity (Wildman–Crippen MR) is 79.5 cm³/mol. The van der Waals surface area contributed by atoms with Crippen molar-refractivity contribution in [2.75, 3.05) is 0 Å². The fourth-order valence-corrected chi connectivity index (χ4v) is 2.38. The summed E-state index contributed by atoms with van der Waals surface area (Å²) in [4.78, 5) is 24.2. The van der Waals surface area contributed by atoms with Gasteiger partial charge in [-0.2, -0.15) is 15.0 Å². The number of hydrogen-bond acceptors (Lipinski definition) is 4. The first kappa shape index (κ1) is 14.9. The van der Waals surface area contributed by atoms with E-state index < -0.39 is 22.8 Å². The van der Waals surface area contributed by atoms with Crippen molar-refractivity contribution in [3.8, 4) is 11.8 Å². The quantitative estimate of drug-likeness (QED) is 0.931. The van der Waals surface area contributed by atoms with Crippen LogP contribution in [0.1, 0.15) is 29.8 Å². The number of rotatable bonds is 3. The normalized spacial score (nSPS) is 15.3. The fourth-order valence-electron chi connectivity index (χ4n) is 2.38. The lowest BCUT2D eigenvalue weighted by Crippen LogP contribution is -2.52. The van der Waals surface area contributed by atoms with Gasteiger partial charge >= 0.3 is 0 Å². The molecule has 0 bridgehead atoms. The first-order valence-electron chi connectivity index (χ1n) is 7.13. The monoisotopic (exact) mass is 312 g/mol. The number of nitrogens with zero attached hydrogens (tertiary/aromatic N) is 3. The summed E-state index contributed by atoms with van der Waals surface area (Å²) in [6.07, 6.45) is 2.09. The van der Waals surface area contributed by atoms with Crippen LogP contribution in [0.4, 0.5) is 4.39 Å². The third kappa shape index (κ3) is 2.83. The molecule has 1 N–H and O–H groups in total. The number of halogens is 1. The average Bonchev–Trinajstić information content (AvgIpc) is 2.52. The molecule has 0 unspecified atom stereocenters. The van der Waals surface area contributed by atoms with Crippen LogP contribution in [0.15, 0.2) is 41.2 Å². The van der Waals surface area contributed by atoms with Gasteiger partial charge in [0.05, 0.1) is 11.8 Å². The van der Waals surface area contributed by atoms with Gasteiger partial charge in [-0.05, 0) is 49.6 Å². The fraction of sp³-hybridized carbons (Fsp3) is 0.250. The van der Waals surface area contributed by atoms with Crippen molar-refractivity contribution in [3.05, 3.63) is 58.3 Å². The maximum absolute atomic E-state index is 13.0. The van der Waals surface area contributed by atoms with Crippen LogP contribution in [0.5, 0.6) is 0 Å². The molecule has 1 aromatic carbocycles. The van der Waals surface area contributed by atoms with E-state index in [9.17, 15) is 14.0 Å². The summed E-state index contributed by atoms with van der Waals surface area (Å²) in [6, 6.07) is 9.83. The molecule has 7 heteroatoms. The van der Waals surface area contributed by atoms with Crippen LogP contribution in [-0.2, 0) is 0 Å². The van der Waals surface area contributed by atoms with Crippen LogP contribution in [0, 0.1) is 17.1 Å². The minimum Gasteiger partial charge on any atom is -0.332 e. The highest BCUT2D eigenvalue weighted by molar-refractivity contribution is 5.93. The zero-order valence-corrected chi connectivity index (χ0v) is 12.1. The molecule has 1 amide bonds. The molecule has 23 heavy (non-hydrogen) atoms. The van der Waals surface area contributed by atoms with Crippen LogP contribution < -0.4 is 10.9 Å². The molecule has 6 nitrogen and oxygen atoms in total. The van der Waals surface area contributed by atoms with E-state index in [4.69, 9.17) is 5.26 Å². The highest BCUT2D eigenvalue weighted by Crippen LogP contribution is 2.31. The van der Waals surface area contributed by atoms with E-state index in [0.717, 1.165) is 11.1 Å². The van der Waals surface area contributed by atoms with Crippen molar-refractivity contribution in [3.63, 3.8) is 0 Å². The Balaban J connectivity index is 1.91. The van der Waals surface area contributed by atoms with E-state index in [1.807, 2.05) is 0 Å². The van der Waals surface area contributed by atoms with Crippen LogP contribution in [0.25, 0.3) is 5.69 Å². The highest BCUT2D eigenvalue weighted by atomic mass is 19.1. The number of carbonyl (C=O) groups is 1. The summed E-state index contributed by atoms with van der Waals surface area (Å²) in [6.45, 7) is 0. The van der Waals surface area contributed by atoms with Crippen molar-refractivity contribution in [2.24, 2.45) is 0 Å². The van der Waals surface area contributed by atoms with E-state index in [2.05, 4.69) is 16.5 Å². The first-order valence-corrected chi connectivity index (χ1v) is 7.13. The molecule has 0 aliphatic heterocycles. The van der Waals surface area contributed by atoms with Gasteiger partial charge in [-0.1, -0.05) is 0 Å². The lowest BCUT2D eigenvalue weighted by atomic mass is 9.78. The molecule has 0 spiro atoms. The second-order valence-corrected chi connectivity index (χ2v) is 5.45. The maximum Gasteiger partial charge on any atom is 0.272 e. The summed E-state index contributed by atoms with van der Waals surface area (Å²) in [5.41, 5.74) is -0.901. The predicted octanol–water partition coefficient (Wildman–Crippen LogP) is 1.55. The molecule has 0 atom stereocenters. The topological polar surface area (TPSA) is 87.8 Å². The van der Waals surface area contributed by atoms with Crippen molar-refractivity contribution in [2.45, 2.75) is 24.8 Å². The number of nitrogens with one attached hydrogen (secondary N) is 1. The zero-order chi connectivity index (χ0) is 16.4. The summed E-state index contributed by atoms with van der Waals surface area (Å²) in [5.74, 6) is -0.946. The van der Waals surface area contributed by atoms with E-state index in [-0.39, 0.29) is 5.69 Å². The van der Waals surface area contributed by atoms with Gasteiger partial charge in [0.25, 0.3) is 11.5 Å². The van der Waals surface area contributed by atoms with Crippen molar-refractivity contribution in [1.29, 1.82) is 5.26 Å². The van der Waals surface area contributed by atoms with Gasteiger partial charge in [-0.25, -0.2) is 4.39 Å². The Kier molecular flexibility index (Phi) is 3.66. The Labute approximate surface area is 131 Å². The van der Waals surface area contributed by atoms with Gasteiger partial charge in [0.15, 0.2) is 0 Å². The van der Waals surface area contributed by atoms with Gasteiger partial charge in [0, 0.05) is 6.07 Å². The minimum atomic E-state index is -0.838. The number of amides is 1. The Bertz CT molecular complexity index is 848. The molecule has 1 fully saturated rings. The van der Waals surface area contributed by atoms with Gasteiger partial charge in [0.2, 0.25) is 0 Å². The van der Waals surface area contributed by atoms with Crippen molar-refractivity contribution < 1.29 is 9.18 Å². The lowest BCUT2D eigenvalue weighted by molar-refractivity contribution is 0.0874. The first-order chi connectivity index (χ1) is 11.0. The molecule has 1 heterocycles. The van der Waals surface area contributed by atoms with Gasteiger partial charge in [-0.3, -0.25) is 9.59 Å². The molecule has 0 saturated heterocycles. The smallest absolute Gasteiger partial charge is 0.272 e. The number of aromatic nitrogens is 2. The zero-order valence-electron chi connectivity index (χ0n) is 12.1. The van der Waals surface area contributed by atoms with Gasteiger partial charge in [0.1, 0.15) is 17.1 Å². The Morgan fingerprint density at radius 3 is 2.52 bits per heavy atom. The number of benzene rings is 1. The molecule has 1 aliphatic rings. The largest absolute Gasteiger partial charge is 0.332 e. The van der Waals surface area contributed by atoms with Crippen LogP contribution >= 0.6 is 0 Å². The maximum atomic E-state index is 13.0. The molecular weight excluding hydrogens is 299 g/mol. The SMILES string of the molecule is N#CC1(NC(=O)c2ccc(=O)n(-c3ccc(F)cc3)n2)CCC1. The number of carbonyl (C=O) groups excluding carboxylic acids is 1. The van der Waals surface area contributed by atoms with Crippen LogP contribution in [0.2, 0.25) is 0 Å². The summed E-state index contributed by atoms with van der Waals surface area (Å²) in [7, 11) is 0. The molecule has 2 aromatic rings. The lowest BCUT2D eigenvalue weighted by Gasteiger charge is -2.35. The number of nitriles is 1. The molecule has 1 saturated carbocycles. The summed E-state index contributed by atoms with van der Waals surface area (Å²) < 4.78 is 14.0. The molecular formula is C16H13FN4O2. The van der Waals surface area contributed by atoms with Gasteiger partial charge < -0.3 is 5.32 Å². The second kappa shape index (κ2) is 5.65. The standard InChI is InChI=1S/C16H13FN4O2/c17-11-2-4-12(5-3-11)21-14(22)7-6-13(20-21)15(23)19-16(10-18)8-1-9-16/h2-7H,1,8-9H2,(H,19,23). The summed E-state index contributed by atoms with van der Waals surface area (Å²) in [5, 5.41) is 15.8. The Hall–Kier alpha value is -3.01. The van der Waals surface area contributed by atoms with Gasteiger partial charge in [-0.15, -0.1) is 0 Å². The van der Waals surface area contributed by atoms with E-state index in [0.29, 0.717) is 18.5 Å². The third-order valence-corrected chi connectivity index (χ3v) is 3.88. The molecule has 116 valence electrons. The number of hydrogen-bond donors (Lipinski definition) is 1. The third-order valence-electron chi connectivity index (χ3n) is 3.88. The van der Waals surface area contributed by atoms with Crippen molar-refractivity contribution in [1.82, 2.24) is 15.1 Å². The second-order valence-electron chi connectivity index (χ2n) is 5.45. The van der Waals surface area contributed by atoms with Crippen LogP contribution in [0.3, 0.4) is 0 Å².